The number of anilines is 2. The Morgan fingerprint density at radius 3 is 2.66 bits per heavy atom. The SMILES string of the molecule is C#CCC[C@@H](Nc1c(C#N)cnc2c(Cl)cc(N[C@H](C3=CN(C4CC4)NN3)c3cccnc3)cc12)c1ccccc1. The second-order valence-corrected chi connectivity index (χ2v) is 10.6. The quantitative estimate of drug-likeness (QED) is 0.170. The molecule has 0 unspecified atom stereocenters. The van der Waals surface area contributed by atoms with Gasteiger partial charge in [-0.3, -0.25) is 15.0 Å². The van der Waals surface area contributed by atoms with Gasteiger partial charge in [-0.05, 0) is 48.6 Å². The van der Waals surface area contributed by atoms with E-state index in [1.807, 2.05) is 48.7 Å². The van der Waals surface area contributed by atoms with Crippen LogP contribution in [0.25, 0.3) is 10.9 Å². The summed E-state index contributed by atoms with van der Waals surface area (Å²) in [5.41, 5.74) is 12.1. The van der Waals surface area contributed by atoms with Gasteiger partial charge in [-0.1, -0.05) is 48.0 Å². The lowest BCUT2D eigenvalue weighted by Gasteiger charge is -2.24. The number of fused-ring (bicyclic) bond motifs is 1. The largest absolute Gasteiger partial charge is 0.377 e. The van der Waals surface area contributed by atoms with E-state index >= 15 is 0 Å². The number of hydrogen-bond donors (Lipinski definition) is 4. The molecule has 204 valence electrons. The van der Waals surface area contributed by atoms with Gasteiger partial charge in [0.25, 0.3) is 0 Å². The van der Waals surface area contributed by atoms with Crippen LogP contribution >= 0.6 is 11.6 Å². The van der Waals surface area contributed by atoms with Crippen LogP contribution < -0.4 is 21.6 Å². The first-order valence-corrected chi connectivity index (χ1v) is 14.0. The van der Waals surface area contributed by atoms with E-state index in [2.05, 4.69) is 66.9 Å². The predicted molar refractivity (Wildman–Crippen MR) is 162 cm³/mol. The molecule has 41 heavy (non-hydrogen) atoms. The van der Waals surface area contributed by atoms with Gasteiger partial charge in [0, 0.05) is 48.3 Å². The molecule has 4 N–H and O–H groups in total. The fourth-order valence-corrected chi connectivity index (χ4v) is 5.35. The third-order valence-electron chi connectivity index (χ3n) is 7.33. The standard InChI is InChI=1S/C32H29ClN8/c1-2-3-11-28(21-8-5-4-6-9-21)38-30-23(17-34)19-36-32-26(30)15-24(16-27(32)33)37-31(22-10-7-14-35-18-22)29-20-41(40-39-29)25-12-13-25/h1,4-10,14-16,18-20,25,28,31,37,39-40H,3,11-13H2,(H,36,38)/t28-,31+/m1/s1. The Labute approximate surface area is 244 Å². The lowest BCUT2D eigenvalue weighted by atomic mass is 10.00. The van der Waals surface area contributed by atoms with Crippen LogP contribution in [0, 0.1) is 23.7 Å². The molecule has 4 aromatic rings. The van der Waals surface area contributed by atoms with Crippen molar-refractivity contribution < 1.29 is 0 Å². The lowest BCUT2D eigenvalue weighted by molar-refractivity contribution is 0.260. The number of terminal acetylenes is 1. The van der Waals surface area contributed by atoms with E-state index in [-0.39, 0.29) is 12.1 Å². The van der Waals surface area contributed by atoms with Gasteiger partial charge in [0.15, 0.2) is 0 Å². The van der Waals surface area contributed by atoms with Gasteiger partial charge in [0.2, 0.25) is 0 Å². The van der Waals surface area contributed by atoms with E-state index in [0.29, 0.717) is 40.7 Å². The summed E-state index contributed by atoms with van der Waals surface area (Å²) in [6.07, 6.45) is 16.5. The maximum Gasteiger partial charge on any atom is 0.103 e. The maximum absolute atomic E-state index is 10.0. The molecule has 0 radical (unpaired) electrons. The van der Waals surface area contributed by atoms with Crippen LogP contribution in [0.4, 0.5) is 11.4 Å². The molecule has 2 aromatic carbocycles. The molecule has 0 saturated heterocycles. The fourth-order valence-electron chi connectivity index (χ4n) is 5.09. The lowest BCUT2D eigenvalue weighted by Crippen LogP contribution is -2.38. The van der Waals surface area contributed by atoms with Crippen LogP contribution in [0.5, 0.6) is 0 Å². The minimum Gasteiger partial charge on any atom is -0.377 e. The zero-order valence-electron chi connectivity index (χ0n) is 22.3. The second-order valence-electron chi connectivity index (χ2n) is 10.2. The number of aromatic nitrogens is 2. The normalized spacial score (nSPS) is 15.8. The summed E-state index contributed by atoms with van der Waals surface area (Å²) >= 11 is 6.83. The second kappa shape index (κ2) is 11.8. The molecule has 0 spiro atoms. The molecule has 1 aliphatic heterocycles. The Balaban J connectivity index is 1.40. The predicted octanol–water partition coefficient (Wildman–Crippen LogP) is 6.20. The van der Waals surface area contributed by atoms with E-state index in [4.69, 9.17) is 18.0 Å². The average Bonchev–Trinajstić information content (AvgIpc) is 3.75. The number of hydrazine groups is 2. The molecule has 8 nitrogen and oxygen atoms in total. The van der Waals surface area contributed by atoms with Gasteiger partial charge >= 0.3 is 0 Å². The van der Waals surface area contributed by atoms with Crippen LogP contribution in [0.15, 0.2) is 85.1 Å². The minimum absolute atomic E-state index is 0.101. The Morgan fingerprint density at radius 1 is 1.10 bits per heavy atom. The first-order chi connectivity index (χ1) is 20.1. The zero-order valence-corrected chi connectivity index (χ0v) is 23.1. The highest BCUT2D eigenvalue weighted by Crippen LogP contribution is 2.38. The maximum atomic E-state index is 10.0. The van der Waals surface area contributed by atoms with Crippen molar-refractivity contribution in [1.29, 1.82) is 5.26 Å². The number of nitriles is 1. The average molecular weight is 561 g/mol. The van der Waals surface area contributed by atoms with E-state index in [0.717, 1.165) is 27.9 Å². The molecule has 1 aliphatic carbocycles. The molecule has 1 saturated carbocycles. The number of pyridine rings is 2. The Bertz CT molecular complexity index is 1650. The number of halogens is 1. The van der Waals surface area contributed by atoms with Crippen molar-refractivity contribution in [3.8, 4) is 18.4 Å². The highest BCUT2D eigenvalue weighted by molar-refractivity contribution is 6.35. The van der Waals surface area contributed by atoms with Crippen molar-refractivity contribution >= 4 is 33.9 Å². The summed E-state index contributed by atoms with van der Waals surface area (Å²) in [7, 11) is 0. The third-order valence-corrected chi connectivity index (χ3v) is 7.62. The summed E-state index contributed by atoms with van der Waals surface area (Å²) in [5.74, 6) is 2.74. The van der Waals surface area contributed by atoms with Crippen LogP contribution in [0.3, 0.4) is 0 Å². The van der Waals surface area contributed by atoms with Crippen LogP contribution in [-0.4, -0.2) is 21.0 Å². The monoisotopic (exact) mass is 560 g/mol. The Morgan fingerprint density at radius 2 is 1.93 bits per heavy atom. The van der Waals surface area contributed by atoms with E-state index in [1.165, 1.54) is 12.8 Å². The van der Waals surface area contributed by atoms with Gasteiger partial charge in [0.1, 0.15) is 6.07 Å². The number of rotatable bonds is 10. The molecule has 3 heterocycles. The van der Waals surface area contributed by atoms with Crippen molar-refractivity contribution in [2.75, 3.05) is 10.6 Å². The summed E-state index contributed by atoms with van der Waals surface area (Å²) in [5, 5.41) is 20.6. The number of hydrogen-bond acceptors (Lipinski definition) is 8. The Kier molecular flexibility index (Phi) is 7.60. The molecule has 0 amide bonds. The van der Waals surface area contributed by atoms with Crippen molar-refractivity contribution in [2.24, 2.45) is 0 Å². The first-order valence-electron chi connectivity index (χ1n) is 13.6. The summed E-state index contributed by atoms with van der Waals surface area (Å²) in [4.78, 5) is 8.89. The van der Waals surface area contributed by atoms with Crippen LogP contribution in [0.1, 0.15) is 54.5 Å². The van der Waals surface area contributed by atoms with Crippen molar-refractivity contribution in [2.45, 2.75) is 43.8 Å². The highest BCUT2D eigenvalue weighted by atomic mass is 35.5. The smallest absolute Gasteiger partial charge is 0.103 e. The number of nitrogens with zero attached hydrogens (tertiary/aromatic N) is 4. The van der Waals surface area contributed by atoms with Crippen LogP contribution in [0.2, 0.25) is 5.02 Å². The van der Waals surface area contributed by atoms with E-state index < -0.39 is 0 Å². The Hall–Kier alpha value is -4.76. The van der Waals surface area contributed by atoms with Gasteiger partial charge in [0.05, 0.1) is 39.6 Å². The summed E-state index contributed by atoms with van der Waals surface area (Å²) in [6.45, 7) is 0. The van der Waals surface area contributed by atoms with Gasteiger partial charge in [-0.2, -0.15) is 5.26 Å². The molecule has 6 rings (SSSR count). The summed E-state index contributed by atoms with van der Waals surface area (Å²) < 4.78 is 0. The molecule has 2 atom stereocenters. The fraction of sp³-hybridized carbons (Fsp3) is 0.219. The van der Waals surface area contributed by atoms with Gasteiger partial charge in [-0.15, -0.1) is 17.9 Å². The van der Waals surface area contributed by atoms with E-state index in [9.17, 15) is 5.26 Å². The first kappa shape index (κ1) is 26.5. The molecular weight excluding hydrogens is 532 g/mol. The van der Waals surface area contributed by atoms with Crippen LogP contribution in [-0.2, 0) is 0 Å². The molecular formula is C32H29ClN8. The molecule has 2 aromatic heterocycles. The zero-order chi connectivity index (χ0) is 28.2. The minimum atomic E-state index is -0.232. The topological polar surface area (TPSA) is 101 Å². The van der Waals surface area contributed by atoms with Gasteiger partial charge < -0.3 is 16.1 Å². The van der Waals surface area contributed by atoms with E-state index in [1.54, 1.807) is 12.4 Å². The molecule has 1 fully saturated rings. The third kappa shape index (κ3) is 5.76. The molecule has 9 heteroatoms. The highest BCUT2D eigenvalue weighted by Gasteiger charge is 2.32. The van der Waals surface area contributed by atoms with Gasteiger partial charge in [-0.25, -0.2) is 0 Å². The number of benzene rings is 2. The van der Waals surface area contributed by atoms with Crippen molar-refractivity contribution in [3.63, 3.8) is 0 Å². The van der Waals surface area contributed by atoms with Crippen molar-refractivity contribution in [3.05, 3.63) is 107 Å². The summed E-state index contributed by atoms with van der Waals surface area (Å²) in [6, 6.07) is 20.4. The molecule has 2 aliphatic rings. The van der Waals surface area contributed by atoms with Crippen molar-refractivity contribution in [1.82, 2.24) is 25.9 Å². The number of nitrogens with one attached hydrogen (secondary N) is 4. The molecule has 0 bridgehead atoms.